The minimum Gasteiger partial charge on any atom is -0.396 e. The van der Waals surface area contributed by atoms with Crippen LogP contribution < -0.4 is 0 Å². The first-order valence-electron chi connectivity index (χ1n) is 5.55. The third-order valence-electron chi connectivity index (χ3n) is 2.93. The van der Waals surface area contributed by atoms with E-state index in [0.29, 0.717) is 5.92 Å². The van der Waals surface area contributed by atoms with Crippen molar-refractivity contribution >= 4 is 11.6 Å². The van der Waals surface area contributed by atoms with Crippen LogP contribution in [0.2, 0.25) is 5.02 Å². The summed E-state index contributed by atoms with van der Waals surface area (Å²) in [5, 5.41) is 10.2. The molecule has 1 rings (SSSR count). The maximum Gasteiger partial charge on any atom is 0.0502 e. The smallest absolute Gasteiger partial charge is 0.0502 e. The summed E-state index contributed by atoms with van der Waals surface area (Å²) in [7, 11) is 0. The molecule has 84 valence electrons. The van der Waals surface area contributed by atoms with Crippen molar-refractivity contribution < 1.29 is 5.11 Å². The molecule has 0 aliphatic carbocycles. The summed E-state index contributed by atoms with van der Waals surface area (Å²) < 4.78 is 0. The lowest BCUT2D eigenvalue weighted by Gasteiger charge is -2.22. The lowest BCUT2D eigenvalue weighted by atomic mass is 9.85. The first-order chi connectivity index (χ1) is 7.19. The highest BCUT2D eigenvalue weighted by Gasteiger charge is 2.17. The highest BCUT2D eigenvalue weighted by molar-refractivity contribution is 6.30. The highest BCUT2D eigenvalue weighted by atomic mass is 35.5. The van der Waals surface area contributed by atoms with Crippen LogP contribution in [0.1, 0.15) is 38.2 Å². The minimum atomic E-state index is 0.211. The molecule has 1 nitrogen and oxygen atoms in total. The van der Waals surface area contributed by atoms with Crippen molar-refractivity contribution in [3.05, 3.63) is 34.9 Å². The van der Waals surface area contributed by atoms with Gasteiger partial charge in [-0.3, -0.25) is 0 Å². The largest absolute Gasteiger partial charge is 0.396 e. The Morgan fingerprint density at radius 2 is 1.87 bits per heavy atom. The molecular formula is C13H19ClO. The van der Waals surface area contributed by atoms with Crippen molar-refractivity contribution in [3.8, 4) is 0 Å². The van der Waals surface area contributed by atoms with E-state index in [4.69, 9.17) is 11.6 Å². The Bertz CT molecular complexity index is 281. The van der Waals surface area contributed by atoms with Crippen LogP contribution >= 0.6 is 11.6 Å². The second-order valence-corrected chi connectivity index (χ2v) is 4.54. The standard InChI is InChI=1S/C13H19ClO/c1-3-4-10(2)13(9-15)11-5-7-12(14)8-6-11/h5-8,10,13,15H,3-4,9H2,1-2H3. The predicted molar refractivity (Wildman–Crippen MR) is 65.4 cm³/mol. The van der Waals surface area contributed by atoms with Gasteiger partial charge in [-0.05, 0) is 23.6 Å². The molecule has 1 aromatic carbocycles. The van der Waals surface area contributed by atoms with Crippen LogP contribution in [0.25, 0.3) is 0 Å². The molecule has 2 heteroatoms. The number of aliphatic hydroxyl groups excluding tert-OH is 1. The number of rotatable bonds is 5. The summed E-state index contributed by atoms with van der Waals surface area (Å²) in [6, 6.07) is 7.79. The average Bonchev–Trinajstić information content (AvgIpc) is 2.22. The molecular weight excluding hydrogens is 208 g/mol. The van der Waals surface area contributed by atoms with Gasteiger partial charge in [-0.1, -0.05) is 50.4 Å². The van der Waals surface area contributed by atoms with E-state index in [1.54, 1.807) is 0 Å². The molecule has 0 spiro atoms. The van der Waals surface area contributed by atoms with Crippen LogP contribution in [0.4, 0.5) is 0 Å². The van der Waals surface area contributed by atoms with Gasteiger partial charge in [-0.15, -0.1) is 0 Å². The summed E-state index contributed by atoms with van der Waals surface area (Å²) in [6.07, 6.45) is 2.30. The van der Waals surface area contributed by atoms with Gasteiger partial charge in [0, 0.05) is 10.9 Å². The molecule has 0 amide bonds. The molecule has 0 aliphatic rings. The van der Waals surface area contributed by atoms with E-state index >= 15 is 0 Å². The van der Waals surface area contributed by atoms with Crippen LogP contribution in [-0.4, -0.2) is 11.7 Å². The monoisotopic (exact) mass is 226 g/mol. The van der Waals surface area contributed by atoms with E-state index in [9.17, 15) is 5.11 Å². The van der Waals surface area contributed by atoms with Gasteiger partial charge >= 0.3 is 0 Å². The van der Waals surface area contributed by atoms with Crippen molar-refractivity contribution in [1.82, 2.24) is 0 Å². The molecule has 0 fully saturated rings. The van der Waals surface area contributed by atoms with Crippen LogP contribution in [0, 0.1) is 5.92 Å². The fourth-order valence-electron chi connectivity index (χ4n) is 1.98. The third kappa shape index (κ3) is 3.51. The van der Waals surface area contributed by atoms with E-state index < -0.39 is 0 Å². The molecule has 0 aliphatic heterocycles. The van der Waals surface area contributed by atoms with Crippen molar-refractivity contribution in [1.29, 1.82) is 0 Å². The molecule has 2 atom stereocenters. The molecule has 0 heterocycles. The van der Waals surface area contributed by atoms with Gasteiger partial charge in [0.1, 0.15) is 0 Å². The lowest BCUT2D eigenvalue weighted by Crippen LogP contribution is -2.13. The topological polar surface area (TPSA) is 20.2 Å². The number of benzene rings is 1. The number of aliphatic hydroxyl groups is 1. The summed E-state index contributed by atoms with van der Waals surface area (Å²) in [6.45, 7) is 4.58. The van der Waals surface area contributed by atoms with Crippen LogP contribution in [0.15, 0.2) is 24.3 Å². The van der Waals surface area contributed by atoms with Gasteiger partial charge in [-0.25, -0.2) is 0 Å². The molecule has 0 saturated heterocycles. The summed E-state index contributed by atoms with van der Waals surface area (Å²) in [5.74, 6) is 0.753. The van der Waals surface area contributed by atoms with Gasteiger partial charge in [0.15, 0.2) is 0 Å². The Labute approximate surface area is 97.1 Å². The number of hydrogen-bond donors (Lipinski definition) is 1. The Hall–Kier alpha value is -0.530. The molecule has 0 saturated carbocycles. The van der Waals surface area contributed by atoms with Crippen LogP contribution in [-0.2, 0) is 0 Å². The van der Waals surface area contributed by atoms with E-state index in [1.165, 1.54) is 5.56 Å². The molecule has 0 radical (unpaired) electrons. The molecule has 1 aromatic rings. The second kappa shape index (κ2) is 6.14. The van der Waals surface area contributed by atoms with Gasteiger partial charge in [0.05, 0.1) is 6.61 Å². The van der Waals surface area contributed by atoms with Crippen LogP contribution in [0.3, 0.4) is 0 Å². The fraction of sp³-hybridized carbons (Fsp3) is 0.538. The first-order valence-corrected chi connectivity index (χ1v) is 5.93. The Balaban J connectivity index is 2.77. The molecule has 2 unspecified atom stereocenters. The van der Waals surface area contributed by atoms with Gasteiger partial charge in [-0.2, -0.15) is 0 Å². The number of hydrogen-bond acceptors (Lipinski definition) is 1. The maximum atomic E-state index is 9.41. The van der Waals surface area contributed by atoms with Gasteiger partial charge < -0.3 is 5.11 Å². The molecule has 0 bridgehead atoms. The normalized spacial score (nSPS) is 14.9. The Kier molecular flexibility index (Phi) is 5.13. The van der Waals surface area contributed by atoms with Crippen LogP contribution in [0.5, 0.6) is 0 Å². The molecule has 0 aromatic heterocycles. The SMILES string of the molecule is CCCC(C)C(CO)c1ccc(Cl)cc1. The van der Waals surface area contributed by atoms with Gasteiger partial charge in [0.2, 0.25) is 0 Å². The summed E-state index contributed by atoms with van der Waals surface area (Å²) >= 11 is 5.84. The maximum absolute atomic E-state index is 9.41. The third-order valence-corrected chi connectivity index (χ3v) is 3.18. The van der Waals surface area contributed by atoms with Crippen molar-refractivity contribution in [2.24, 2.45) is 5.92 Å². The summed E-state index contributed by atoms with van der Waals surface area (Å²) in [5.41, 5.74) is 1.18. The highest BCUT2D eigenvalue weighted by Crippen LogP contribution is 2.28. The minimum absolute atomic E-state index is 0.211. The molecule has 15 heavy (non-hydrogen) atoms. The van der Waals surface area contributed by atoms with Crippen molar-refractivity contribution in [2.45, 2.75) is 32.6 Å². The van der Waals surface area contributed by atoms with Gasteiger partial charge in [0.25, 0.3) is 0 Å². The Morgan fingerprint density at radius 1 is 1.27 bits per heavy atom. The zero-order valence-corrected chi connectivity index (χ0v) is 10.2. The van der Waals surface area contributed by atoms with E-state index in [2.05, 4.69) is 13.8 Å². The zero-order valence-electron chi connectivity index (χ0n) is 9.41. The fourth-order valence-corrected chi connectivity index (χ4v) is 2.11. The van der Waals surface area contributed by atoms with E-state index in [1.807, 2.05) is 24.3 Å². The molecule has 1 N–H and O–H groups in total. The van der Waals surface area contributed by atoms with Crippen molar-refractivity contribution in [2.75, 3.05) is 6.61 Å². The van der Waals surface area contributed by atoms with Crippen molar-refractivity contribution in [3.63, 3.8) is 0 Å². The second-order valence-electron chi connectivity index (χ2n) is 4.11. The lowest BCUT2D eigenvalue weighted by molar-refractivity contribution is 0.226. The quantitative estimate of drug-likeness (QED) is 0.809. The number of halogens is 1. The van der Waals surface area contributed by atoms with E-state index in [0.717, 1.165) is 17.9 Å². The predicted octanol–water partition coefficient (Wildman–Crippen LogP) is 3.85. The average molecular weight is 227 g/mol. The first kappa shape index (κ1) is 12.5. The summed E-state index contributed by atoms with van der Waals surface area (Å²) in [4.78, 5) is 0. The Morgan fingerprint density at radius 3 is 2.33 bits per heavy atom. The zero-order chi connectivity index (χ0) is 11.3. The van der Waals surface area contributed by atoms with E-state index in [-0.39, 0.29) is 12.5 Å².